The molecule has 1 aliphatic rings. The zero-order valence-electron chi connectivity index (χ0n) is 12.8. The Hall–Kier alpha value is -2.26. The van der Waals surface area contributed by atoms with E-state index in [9.17, 15) is 9.59 Å². The van der Waals surface area contributed by atoms with Gasteiger partial charge in [-0.15, -0.1) is 0 Å². The van der Waals surface area contributed by atoms with Gasteiger partial charge in [-0.05, 0) is 31.0 Å². The highest BCUT2D eigenvalue weighted by Crippen LogP contribution is 2.25. The lowest BCUT2D eigenvalue weighted by atomic mass is 10.0. The number of rotatable bonds is 4. The average Bonchev–Trinajstić information content (AvgIpc) is 2.55. The van der Waals surface area contributed by atoms with Crippen LogP contribution in [0.25, 0.3) is 0 Å². The number of benzene rings is 1. The number of hydrogen-bond donors (Lipinski definition) is 1. The molecule has 1 saturated heterocycles. The van der Waals surface area contributed by atoms with E-state index in [-0.39, 0.29) is 24.3 Å². The second kappa shape index (κ2) is 7.84. The van der Waals surface area contributed by atoms with Crippen LogP contribution in [0.5, 0.6) is 5.75 Å². The molecular weight excluding hydrogens is 318 g/mol. The van der Waals surface area contributed by atoms with Crippen molar-refractivity contribution < 1.29 is 14.3 Å². The lowest BCUT2D eigenvalue weighted by Gasteiger charge is -2.32. The van der Waals surface area contributed by atoms with Gasteiger partial charge in [0.15, 0.2) is 0 Å². The summed E-state index contributed by atoms with van der Waals surface area (Å²) in [5.41, 5.74) is 0.437. The molecule has 0 radical (unpaired) electrons. The molecule has 0 atom stereocenters. The van der Waals surface area contributed by atoms with Crippen LogP contribution in [0.4, 0.5) is 0 Å². The van der Waals surface area contributed by atoms with Crippen LogP contribution >= 0.6 is 11.6 Å². The number of nitrogens with one attached hydrogen (secondary N) is 1. The molecular formula is C16H18ClN3O3. The number of ether oxygens (including phenoxy) is 1. The van der Waals surface area contributed by atoms with E-state index in [0.29, 0.717) is 42.3 Å². The normalized spacial score (nSPS) is 14.9. The Kier molecular flexibility index (Phi) is 5.83. The molecule has 122 valence electrons. The molecule has 1 aromatic rings. The quantitative estimate of drug-likeness (QED) is 0.912. The number of carbonyl (C=O) groups excluding carboxylic acids is 2. The van der Waals surface area contributed by atoms with Crippen molar-refractivity contribution in [1.29, 1.82) is 5.26 Å². The van der Waals surface area contributed by atoms with Crippen LogP contribution in [0.3, 0.4) is 0 Å². The summed E-state index contributed by atoms with van der Waals surface area (Å²) in [4.78, 5) is 25.8. The van der Waals surface area contributed by atoms with Crippen molar-refractivity contribution in [2.75, 3.05) is 20.2 Å². The minimum absolute atomic E-state index is 0.00107. The molecule has 0 bridgehead atoms. The average molecular weight is 336 g/mol. The molecule has 2 rings (SSSR count). The van der Waals surface area contributed by atoms with E-state index in [0.717, 1.165) is 0 Å². The standard InChI is InChI=1S/C16H18ClN3O3/c1-23-14-3-2-11(17)10-13(14)16(22)20-8-5-12(6-9-20)19-15(21)4-7-18/h2-3,10,12H,4-6,8-9H2,1H3,(H,19,21). The summed E-state index contributed by atoms with van der Waals surface area (Å²) >= 11 is 5.97. The molecule has 2 amide bonds. The maximum atomic E-state index is 12.6. The maximum Gasteiger partial charge on any atom is 0.257 e. The van der Waals surface area contributed by atoms with Crippen molar-refractivity contribution in [3.05, 3.63) is 28.8 Å². The fourth-order valence-corrected chi connectivity index (χ4v) is 2.77. The Morgan fingerprint density at radius 2 is 2.13 bits per heavy atom. The van der Waals surface area contributed by atoms with Gasteiger partial charge in [-0.1, -0.05) is 11.6 Å². The van der Waals surface area contributed by atoms with Gasteiger partial charge >= 0.3 is 0 Å². The van der Waals surface area contributed by atoms with Gasteiger partial charge in [-0.25, -0.2) is 0 Å². The van der Waals surface area contributed by atoms with E-state index >= 15 is 0 Å². The highest BCUT2D eigenvalue weighted by atomic mass is 35.5. The Bertz CT molecular complexity index is 634. The van der Waals surface area contributed by atoms with Gasteiger partial charge in [-0.3, -0.25) is 9.59 Å². The Morgan fingerprint density at radius 1 is 1.43 bits per heavy atom. The van der Waals surface area contributed by atoms with E-state index < -0.39 is 0 Å². The first-order chi connectivity index (χ1) is 11.0. The smallest absolute Gasteiger partial charge is 0.257 e. The number of carbonyl (C=O) groups is 2. The fourth-order valence-electron chi connectivity index (χ4n) is 2.60. The SMILES string of the molecule is COc1ccc(Cl)cc1C(=O)N1CCC(NC(=O)CC#N)CC1. The summed E-state index contributed by atoms with van der Waals surface area (Å²) in [6, 6.07) is 6.77. The highest BCUT2D eigenvalue weighted by molar-refractivity contribution is 6.31. The Morgan fingerprint density at radius 3 is 2.74 bits per heavy atom. The zero-order chi connectivity index (χ0) is 16.8. The molecule has 1 aliphatic heterocycles. The lowest BCUT2D eigenvalue weighted by molar-refractivity contribution is -0.121. The van der Waals surface area contributed by atoms with Crippen LogP contribution in [0, 0.1) is 11.3 Å². The number of nitriles is 1. The molecule has 0 aromatic heterocycles. The minimum Gasteiger partial charge on any atom is -0.496 e. The van der Waals surface area contributed by atoms with Gasteiger partial charge in [0.1, 0.15) is 12.2 Å². The van der Waals surface area contributed by atoms with Crippen molar-refractivity contribution in [1.82, 2.24) is 10.2 Å². The van der Waals surface area contributed by atoms with E-state index in [2.05, 4.69) is 5.32 Å². The summed E-state index contributed by atoms with van der Waals surface area (Å²) in [5.74, 6) is 0.0868. The molecule has 0 spiro atoms. The fraction of sp³-hybridized carbons (Fsp3) is 0.438. The number of amides is 2. The van der Waals surface area contributed by atoms with Gasteiger partial charge in [0.2, 0.25) is 5.91 Å². The number of likely N-dealkylation sites (tertiary alicyclic amines) is 1. The maximum absolute atomic E-state index is 12.6. The molecule has 7 heteroatoms. The molecule has 0 aliphatic carbocycles. The molecule has 0 saturated carbocycles. The number of halogens is 1. The van der Waals surface area contributed by atoms with Gasteiger partial charge < -0.3 is 15.0 Å². The summed E-state index contributed by atoms with van der Waals surface area (Å²) in [6.07, 6.45) is 1.18. The van der Waals surface area contributed by atoms with Gasteiger partial charge in [0, 0.05) is 24.2 Å². The molecule has 0 unspecified atom stereocenters. The van der Waals surface area contributed by atoms with Crippen molar-refractivity contribution in [3.63, 3.8) is 0 Å². The predicted molar refractivity (Wildman–Crippen MR) is 85.3 cm³/mol. The van der Waals surface area contributed by atoms with Crippen molar-refractivity contribution >= 4 is 23.4 Å². The zero-order valence-corrected chi connectivity index (χ0v) is 13.6. The minimum atomic E-state index is -0.270. The summed E-state index contributed by atoms with van der Waals surface area (Å²) in [5, 5.41) is 11.8. The second-order valence-electron chi connectivity index (χ2n) is 5.31. The van der Waals surface area contributed by atoms with Crippen molar-refractivity contribution in [2.24, 2.45) is 0 Å². The topological polar surface area (TPSA) is 82.4 Å². The second-order valence-corrected chi connectivity index (χ2v) is 5.75. The number of methoxy groups -OCH3 is 1. The van der Waals surface area contributed by atoms with Crippen molar-refractivity contribution in [3.8, 4) is 11.8 Å². The first-order valence-electron chi connectivity index (χ1n) is 7.34. The molecule has 1 fully saturated rings. The molecule has 6 nitrogen and oxygen atoms in total. The van der Waals surface area contributed by atoms with E-state index in [1.165, 1.54) is 7.11 Å². The highest BCUT2D eigenvalue weighted by Gasteiger charge is 2.26. The third kappa shape index (κ3) is 4.36. The third-order valence-corrected chi connectivity index (χ3v) is 4.01. The van der Waals surface area contributed by atoms with Crippen LogP contribution in [0.2, 0.25) is 5.02 Å². The van der Waals surface area contributed by atoms with Gasteiger partial charge in [-0.2, -0.15) is 5.26 Å². The number of nitrogens with zero attached hydrogens (tertiary/aromatic N) is 2. The first-order valence-corrected chi connectivity index (χ1v) is 7.72. The number of hydrogen-bond acceptors (Lipinski definition) is 4. The first kappa shape index (κ1) is 17.1. The summed E-state index contributed by atoms with van der Waals surface area (Å²) in [7, 11) is 1.51. The van der Waals surface area contributed by atoms with Crippen LogP contribution < -0.4 is 10.1 Å². The summed E-state index contributed by atoms with van der Waals surface area (Å²) < 4.78 is 5.22. The van der Waals surface area contributed by atoms with Crippen LogP contribution in [-0.2, 0) is 4.79 Å². The molecule has 23 heavy (non-hydrogen) atoms. The predicted octanol–water partition coefficient (Wildman–Crippen LogP) is 1.98. The van der Waals surface area contributed by atoms with Crippen molar-refractivity contribution in [2.45, 2.75) is 25.3 Å². The third-order valence-electron chi connectivity index (χ3n) is 3.78. The van der Waals surface area contributed by atoms with Gasteiger partial charge in [0.05, 0.1) is 18.7 Å². The summed E-state index contributed by atoms with van der Waals surface area (Å²) in [6.45, 7) is 1.07. The largest absolute Gasteiger partial charge is 0.496 e. The molecule has 1 aromatic carbocycles. The van der Waals surface area contributed by atoms with Crippen LogP contribution in [0.1, 0.15) is 29.6 Å². The van der Waals surface area contributed by atoms with E-state index in [4.69, 9.17) is 21.6 Å². The monoisotopic (exact) mass is 335 g/mol. The molecule has 1 N–H and O–H groups in total. The Balaban J connectivity index is 1.98. The molecule has 1 heterocycles. The van der Waals surface area contributed by atoms with E-state index in [1.807, 2.05) is 6.07 Å². The number of piperidine rings is 1. The van der Waals surface area contributed by atoms with Gasteiger partial charge in [0.25, 0.3) is 5.91 Å². The van der Waals surface area contributed by atoms with Crippen LogP contribution in [-0.4, -0.2) is 43.0 Å². The Labute approximate surface area is 140 Å². The lowest BCUT2D eigenvalue weighted by Crippen LogP contribution is -2.46. The van der Waals surface area contributed by atoms with Crippen LogP contribution in [0.15, 0.2) is 18.2 Å². The van der Waals surface area contributed by atoms with E-state index in [1.54, 1.807) is 23.1 Å².